The summed E-state index contributed by atoms with van der Waals surface area (Å²) >= 11 is 0. The van der Waals surface area contributed by atoms with Crippen molar-refractivity contribution in [2.24, 2.45) is 17.3 Å². The van der Waals surface area contributed by atoms with Gasteiger partial charge in [0.2, 0.25) is 5.91 Å². The Balaban J connectivity index is 1.45. The third-order valence-electron chi connectivity index (χ3n) is 8.14. The number of aryl methyl sites for hydroxylation is 1. The molecule has 3 atom stereocenters. The van der Waals surface area contributed by atoms with E-state index >= 15 is 0 Å². The van der Waals surface area contributed by atoms with Gasteiger partial charge in [0.15, 0.2) is 11.1 Å². The van der Waals surface area contributed by atoms with Crippen molar-refractivity contribution in [1.29, 1.82) is 0 Å². The van der Waals surface area contributed by atoms with Crippen molar-refractivity contribution < 1.29 is 19.5 Å². The molecule has 0 bridgehead atoms. The molecule has 11 nitrogen and oxygen atoms in total. The summed E-state index contributed by atoms with van der Waals surface area (Å²) in [4.78, 5) is 42.8. The number of imidazole rings is 1. The van der Waals surface area contributed by atoms with Crippen molar-refractivity contribution in [2.75, 3.05) is 0 Å². The standard InChI is InChI=1S/C27H35N7O4/c1-4-33-21(11-12-28-33)24(35)31-23(18-7-5-16(2)6-8-18)20-15-34-22(30-20)10-9-19(32-34)14-27(26(37)38)13-17(3)29-25(27)36/h9-12,15-18,23H,4-8,13-14H2,1-3H3,(H,29,36)(H,31,35)(H,37,38)/t16?,17-,18?,23+,27?/m1/s1. The first-order valence-electron chi connectivity index (χ1n) is 13.4. The third-order valence-corrected chi connectivity index (χ3v) is 8.14. The van der Waals surface area contributed by atoms with E-state index < -0.39 is 17.3 Å². The van der Waals surface area contributed by atoms with Crippen molar-refractivity contribution >= 4 is 23.4 Å². The van der Waals surface area contributed by atoms with Crippen LogP contribution in [0.25, 0.3) is 5.65 Å². The molecule has 3 N–H and O–H groups in total. The summed E-state index contributed by atoms with van der Waals surface area (Å²) in [6.07, 6.45) is 7.79. The van der Waals surface area contributed by atoms with Crippen LogP contribution in [0.1, 0.15) is 80.8 Å². The average molecular weight is 522 g/mol. The molecule has 4 heterocycles. The van der Waals surface area contributed by atoms with Crippen LogP contribution < -0.4 is 10.6 Å². The second-order valence-corrected chi connectivity index (χ2v) is 10.9. The van der Waals surface area contributed by atoms with E-state index in [1.807, 2.05) is 13.1 Å². The molecule has 3 aromatic heterocycles. The Morgan fingerprint density at radius 2 is 1.97 bits per heavy atom. The Morgan fingerprint density at radius 3 is 2.63 bits per heavy atom. The van der Waals surface area contributed by atoms with Gasteiger partial charge in [0.25, 0.3) is 5.91 Å². The van der Waals surface area contributed by atoms with Crippen molar-refractivity contribution in [3.8, 4) is 0 Å². The lowest BCUT2D eigenvalue weighted by atomic mass is 9.78. The molecule has 2 fully saturated rings. The van der Waals surface area contributed by atoms with Crippen LogP contribution in [0.5, 0.6) is 0 Å². The molecular formula is C27H35N7O4. The van der Waals surface area contributed by atoms with E-state index in [-0.39, 0.29) is 36.8 Å². The molecule has 0 aromatic carbocycles. The molecule has 2 amide bonds. The molecule has 11 heteroatoms. The highest BCUT2D eigenvalue weighted by molar-refractivity contribution is 6.04. The summed E-state index contributed by atoms with van der Waals surface area (Å²) < 4.78 is 3.29. The minimum absolute atomic E-state index is 0.0103. The normalized spacial score (nSPS) is 26.3. The van der Waals surface area contributed by atoms with E-state index in [4.69, 9.17) is 4.98 Å². The number of carbonyl (C=O) groups is 3. The first kappa shape index (κ1) is 25.9. The molecular weight excluding hydrogens is 486 g/mol. The minimum Gasteiger partial charge on any atom is -0.480 e. The fourth-order valence-corrected chi connectivity index (χ4v) is 5.98. The van der Waals surface area contributed by atoms with Crippen molar-refractivity contribution in [2.45, 2.75) is 77.9 Å². The van der Waals surface area contributed by atoms with Gasteiger partial charge in [0, 0.05) is 25.2 Å². The number of aromatic nitrogens is 5. The number of aliphatic carboxylic acids is 1. The predicted molar refractivity (Wildman–Crippen MR) is 138 cm³/mol. The van der Waals surface area contributed by atoms with Crippen LogP contribution >= 0.6 is 0 Å². The third kappa shape index (κ3) is 4.77. The van der Waals surface area contributed by atoms with Gasteiger partial charge in [-0.2, -0.15) is 10.2 Å². The number of fused-ring (bicyclic) bond motifs is 1. The maximum atomic E-state index is 13.3. The quantitative estimate of drug-likeness (QED) is 0.387. The summed E-state index contributed by atoms with van der Waals surface area (Å²) in [6.45, 7) is 6.60. The molecule has 202 valence electrons. The number of carboxylic acids is 1. The number of rotatable bonds is 8. The highest BCUT2D eigenvalue weighted by Crippen LogP contribution is 2.37. The largest absolute Gasteiger partial charge is 0.480 e. The topological polar surface area (TPSA) is 144 Å². The number of carbonyl (C=O) groups excluding carboxylic acids is 2. The van der Waals surface area contributed by atoms with Crippen LogP contribution in [0.15, 0.2) is 30.6 Å². The fourth-order valence-electron chi connectivity index (χ4n) is 5.98. The number of carboxylic acid groups (broad SMARTS) is 1. The molecule has 1 unspecified atom stereocenters. The van der Waals surface area contributed by atoms with Gasteiger partial charge in [-0.25, -0.2) is 9.50 Å². The molecule has 0 spiro atoms. The lowest BCUT2D eigenvalue weighted by Crippen LogP contribution is -2.41. The van der Waals surface area contributed by atoms with Crippen LogP contribution in [0.3, 0.4) is 0 Å². The van der Waals surface area contributed by atoms with E-state index in [1.54, 1.807) is 40.5 Å². The lowest BCUT2D eigenvalue weighted by molar-refractivity contribution is -0.153. The summed E-state index contributed by atoms with van der Waals surface area (Å²) in [6, 6.07) is 4.71. The zero-order valence-corrected chi connectivity index (χ0v) is 22.1. The molecule has 0 radical (unpaired) electrons. The Bertz CT molecular complexity index is 1360. The Labute approximate surface area is 221 Å². The maximum absolute atomic E-state index is 13.3. The van der Waals surface area contributed by atoms with Crippen LogP contribution in [0.2, 0.25) is 0 Å². The average Bonchev–Trinajstić information content (AvgIpc) is 3.60. The van der Waals surface area contributed by atoms with Gasteiger partial charge < -0.3 is 15.7 Å². The molecule has 2 aliphatic rings. The lowest BCUT2D eigenvalue weighted by Gasteiger charge is -2.32. The zero-order chi connectivity index (χ0) is 27.0. The molecule has 1 aliphatic carbocycles. The minimum atomic E-state index is -1.54. The van der Waals surface area contributed by atoms with E-state index in [2.05, 4.69) is 27.8 Å². The monoisotopic (exact) mass is 521 g/mol. The first-order chi connectivity index (χ1) is 18.2. The Hall–Kier alpha value is -3.76. The Morgan fingerprint density at radius 1 is 1.21 bits per heavy atom. The van der Waals surface area contributed by atoms with Crippen LogP contribution in [-0.4, -0.2) is 53.3 Å². The van der Waals surface area contributed by atoms with Gasteiger partial charge in [-0.1, -0.05) is 19.8 Å². The fraction of sp³-hybridized carbons (Fsp3) is 0.556. The smallest absolute Gasteiger partial charge is 0.319 e. The van der Waals surface area contributed by atoms with Gasteiger partial charge >= 0.3 is 5.97 Å². The van der Waals surface area contributed by atoms with Gasteiger partial charge in [-0.3, -0.25) is 19.1 Å². The van der Waals surface area contributed by atoms with Crippen molar-refractivity contribution in [3.05, 3.63) is 47.7 Å². The van der Waals surface area contributed by atoms with E-state index in [0.717, 1.165) is 25.7 Å². The number of amides is 2. The van der Waals surface area contributed by atoms with Crippen molar-refractivity contribution in [1.82, 2.24) is 35.0 Å². The van der Waals surface area contributed by atoms with Crippen LogP contribution in [0.4, 0.5) is 0 Å². The van der Waals surface area contributed by atoms with E-state index in [1.165, 1.54) is 0 Å². The molecule has 1 saturated heterocycles. The molecule has 5 rings (SSSR count). The van der Waals surface area contributed by atoms with Gasteiger partial charge in [-0.15, -0.1) is 0 Å². The second kappa shape index (κ2) is 10.2. The van der Waals surface area contributed by atoms with Crippen LogP contribution in [0, 0.1) is 17.3 Å². The zero-order valence-electron chi connectivity index (χ0n) is 22.1. The van der Waals surface area contributed by atoms with E-state index in [9.17, 15) is 19.5 Å². The summed E-state index contributed by atoms with van der Waals surface area (Å²) in [5, 5.41) is 24.7. The van der Waals surface area contributed by atoms with Crippen LogP contribution in [-0.2, 0) is 22.6 Å². The summed E-state index contributed by atoms with van der Waals surface area (Å²) in [5.41, 5.74) is 0.770. The highest BCUT2D eigenvalue weighted by Gasteiger charge is 2.52. The number of nitrogens with zero attached hydrogens (tertiary/aromatic N) is 5. The predicted octanol–water partition coefficient (Wildman–Crippen LogP) is 2.76. The maximum Gasteiger partial charge on any atom is 0.319 e. The Kier molecular flexibility index (Phi) is 6.93. The van der Waals surface area contributed by atoms with Gasteiger partial charge in [-0.05, 0) is 63.1 Å². The first-order valence-corrected chi connectivity index (χ1v) is 13.4. The SMILES string of the molecule is CCn1nccc1C(=O)N[C@H](c1cn2nc(CC3(C(=O)O)C[C@@H](C)NC3=O)ccc2n1)C1CCC(C)CC1. The highest BCUT2D eigenvalue weighted by atomic mass is 16.4. The van der Waals surface area contributed by atoms with Gasteiger partial charge in [0.1, 0.15) is 5.69 Å². The molecule has 1 saturated carbocycles. The summed E-state index contributed by atoms with van der Waals surface area (Å²) in [7, 11) is 0. The van der Waals surface area contributed by atoms with Crippen molar-refractivity contribution in [3.63, 3.8) is 0 Å². The number of hydrogen-bond donors (Lipinski definition) is 3. The summed E-state index contributed by atoms with van der Waals surface area (Å²) in [5.74, 6) is -0.925. The molecule has 3 aromatic rings. The molecule has 38 heavy (non-hydrogen) atoms. The second-order valence-electron chi connectivity index (χ2n) is 10.9. The number of nitrogens with one attached hydrogen (secondary N) is 2. The number of hydrogen-bond acceptors (Lipinski definition) is 6. The molecule has 1 aliphatic heterocycles. The van der Waals surface area contributed by atoms with Gasteiger partial charge in [0.05, 0.1) is 23.6 Å². The van der Waals surface area contributed by atoms with E-state index in [0.29, 0.717) is 35.2 Å².